The van der Waals surface area contributed by atoms with Gasteiger partial charge in [0.15, 0.2) is 0 Å². The van der Waals surface area contributed by atoms with E-state index in [9.17, 15) is 19.7 Å². The Morgan fingerprint density at radius 3 is 2.58 bits per heavy atom. The fourth-order valence-electron chi connectivity index (χ4n) is 8.10. The quantitative estimate of drug-likeness (QED) is 0.110. The van der Waals surface area contributed by atoms with Gasteiger partial charge in [0.1, 0.15) is 22.8 Å². The molecule has 3 heterocycles. The maximum absolute atomic E-state index is 16.4. The zero-order valence-electron chi connectivity index (χ0n) is 27.4. The van der Waals surface area contributed by atoms with Gasteiger partial charge in [0, 0.05) is 47.4 Å². The molecule has 7 rings (SSSR count). The van der Waals surface area contributed by atoms with Crippen LogP contribution in [0.25, 0.3) is 0 Å². The predicted molar refractivity (Wildman–Crippen MR) is 194 cm³/mol. The van der Waals surface area contributed by atoms with Crippen LogP contribution in [0.1, 0.15) is 53.7 Å². The number of ether oxygens (including phenoxy) is 2. The van der Waals surface area contributed by atoms with Crippen molar-refractivity contribution in [1.29, 1.82) is 0 Å². The lowest BCUT2D eigenvalue weighted by Gasteiger charge is -2.40. The van der Waals surface area contributed by atoms with Gasteiger partial charge in [-0.3, -0.25) is 24.6 Å². The number of nitro groups is 1. The summed E-state index contributed by atoms with van der Waals surface area (Å²) in [5, 5.41) is 15.5. The Balaban J connectivity index is 0.00000464. The van der Waals surface area contributed by atoms with Gasteiger partial charge in [0.2, 0.25) is 11.8 Å². The van der Waals surface area contributed by atoms with Crippen LogP contribution in [-0.2, 0) is 26.4 Å². The third kappa shape index (κ3) is 5.75. The number of fused-ring (bicyclic) bond motifs is 3. The fourth-order valence-corrected chi connectivity index (χ4v) is 8.45. The summed E-state index contributed by atoms with van der Waals surface area (Å²) in [4.78, 5) is 57.0. The zero-order valence-corrected chi connectivity index (χ0v) is 28.9. The summed E-state index contributed by atoms with van der Waals surface area (Å²) in [6, 6.07) is 19.9. The molecule has 3 aliphatic rings. The number of rotatable bonds is 8. The Kier molecular flexibility index (Phi) is 10.0. The lowest BCUT2D eigenvalue weighted by atomic mass is 9.70. The Morgan fingerprint density at radius 2 is 1.85 bits per heavy atom. The number of amides is 2. The third-order valence-corrected chi connectivity index (χ3v) is 10.6. The Morgan fingerprint density at radius 1 is 1.08 bits per heavy atom. The number of benzene rings is 4. The maximum atomic E-state index is 16.4. The molecule has 2 amide bonds. The highest BCUT2D eigenvalue weighted by Crippen LogP contribution is 2.62. The topological polar surface area (TPSA) is 131 Å². The first-order chi connectivity index (χ1) is 24.5. The predicted octanol–water partition coefficient (Wildman–Crippen LogP) is 7.73. The molecule has 0 aromatic heterocycles. The molecule has 270 valence electrons. The Bertz CT molecular complexity index is 2120. The molecule has 0 bridgehead atoms. The Labute approximate surface area is 309 Å². The van der Waals surface area contributed by atoms with E-state index in [2.05, 4.69) is 5.32 Å². The summed E-state index contributed by atoms with van der Waals surface area (Å²) >= 11 is 12.8. The summed E-state index contributed by atoms with van der Waals surface area (Å²) < 4.78 is 26.9. The highest BCUT2D eigenvalue weighted by atomic mass is 35.5. The van der Waals surface area contributed by atoms with Crippen molar-refractivity contribution in [2.75, 3.05) is 30.5 Å². The molecule has 1 N–H and O–H groups in total. The van der Waals surface area contributed by atoms with Crippen molar-refractivity contribution in [3.63, 3.8) is 0 Å². The molecule has 0 unspecified atom stereocenters. The van der Waals surface area contributed by atoms with Crippen LogP contribution in [-0.4, -0.2) is 53.9 Å². The van der Waals surface area contributed by atoms with Crippen molar-refractivity contribution in [3.05, 3.63) is 127 Å². The first-order valence-corrected chi connectivity index (χ1v) is 17.0. The summed E-state index contributed by atoms with van der Waals surface area (Å²) in [7, 11) is 1.16. The summed E-state index contributed by atoms with van der Waals surface area (Å²) in [6.07, 6.45) is 0.258. The first kappa shape index (κ1) is 36.7. The molecule has 4 aromatic carbocycles. The van der Waals surface area contributed by atoms with Crippen LogP contribution in [0.4, 0.5) is 21.5 Å². The average Bonchev–Trinajstić information content (AvgIpc) is 3.56. The van der Waals surface area contributed by atoms with Crippen LogP contribution in [0.5, 0.6) is 5.75 Å². The van der Waals surface area contributed by atoms with E-state index in [1.165, 1.54) is 29.2 Å². The summed E-state index contributed by atoms with van der Waals surface area (Å²) in [6.45, 7) is 2.50. The molecule has 52 heavy (non-hydrogen) atoms. The molecule has 3 aliphatic heterocycles. The number of methoxy groups -OCH3 is 1. The van der Waals surface area contributed by atoms with E-state index in [1.807, 2.05) is 36.1 Å². The number of nitrogens with zero attached hydrogens (tertiary/aromatic N) is 3. The number of likely N-dealkylation sites (tertiary alicyclic amines) is 1. The van der Waals surface area contributed by atoms with Crippen molar-refractivity contribution in [1.82, 2.24) is 4.90 Å². The second kappa shape index (κ2) is 14.2. The van der Waals surface area contributed by atoms with Crippen molar-refractivity contribution < 1.29 is 33.2 Å². The lowest BCUT2D eigenvalue weighted by molar-refractivity contribution is -0.384. The van der Waals surface area contributed by atoms with Gasteiger partial charge in [-0.15, -0.1) is 0 Å². The minimum absolute atomic E-state index is 0. The standard InChI is InChI=1S/C37H31Cl2FN4O7.CH4/c1-3-51-23-7-4-6-20(16-23)19-43-29-14-15-42(28-13-10-21(35(46)50-2)17-30(28)44(48)49)34(45)31(29)32(24-8-5-9-26(39)33(24)40)37(43)25-12-11-22(38)18-27(25)41-36(37)47;/h4-13,16-18,29,31-32H,3,14-15,19H2,1-2H3,(H,41,47);1H4/t29-,31+,32-,37+;/m0./s1. The number of carbonyl (C=O) groups excluding carboxylic acids is 3. The van der Waals surface area contributed by atoms with E-state index in [0.29, 0.717) is 28.6 Å². The number of anilines is 2. The molecule has 0 aliphatic carbocycles. The van der Waals surface area contributed by atoms with Crippen molar-refractivity contribution in [2.45, 2.75) is 44.8 Å². The minimum Gasteiger partial charge on any atom is -0.494 e. The second-order valence-corrected chi connectivity index (χ2v) is 13.4. The van der Waals surface area contributed by atoms with Crippen LogP contribution in [0, 0.1) is 21.8 Å². The number of hydrogen-bond acceptors (Lipinski definition) is 8. The summed E-state index contributed by atoms with van der Waals surface area (Å²) in [5.74, 6) is -4.21. The molecule has 14 heteroatoms. The van der Waals surface area contributed by atoms with E-state index < -0.39 is 57.6 Å². The summed E-state index contributed by atoms with van der Waals surface area (Å²) in [5.41, 5.74) is -0.472. The van der Waals surface area contributed by atoms with Crippen molar-refractivity contribution in [3.8, 4) is 5.75 Å². The molecular weight excluding hydrogens is 714 g/mol. The molecule has 4 aromatic rings. The van der Waals surface area contributed by atoms with Gasteiger partial charge in [-0.1, -0.05) is 61.0 Å². The molecule has 2 fully saturated rings. The first-order valence-electron chi connectivity index (χ1n) is 16.2. The molecule has 0 radical (unpaired) electrons. The lowest BCUT2D eigenvalue weighted by Crippen LogP contribution is -2.53. The fraction of sp³-hybridized carbons (Fsp3) is 0.289. The van der Waals surface area contributed by atoms with Gasteiger partial charge >= 0.3 is 5.97 Å². The van der Waals surface area contributed by atoms with Crippen LogP contribution in [0.3, 0.4) is 0 Å². The van der Waals surface area contributed by atoms with Gasteiger partial charge < -0.3 is 19.7 Å². The molecule has 2 saturated heterocycles. The van der Waals surface area contributed by atoms with Crippen LogP contribution in [0.2, 0.25) is 10.0 Å². The maximum Gasteiger partial charge on any atom is 0.338 e. The van der Waals surface area contributed by atoms with E-state index in [1.54, 1.807) is 24.3 Å². The highest BCUT2D eigenvalue weighted by Gasteiger charge is 2.69. The molecule has 4 atom stereocenters. The van der Waals surface area contributed by atoms with Crippen LogP contribution in [0.15, 0.2) is 78.9 Å². The van der Waals surface area contributed by atoms with Gasteiger partial charge in [-0.25, -0.2) is 9.18 Å². The SMILES string of the molecule is C.CCOc1cccc(CN2[C@H]3CCN(c4ccc(C(=O)OC)cc4[N+](=O)[O-])C(=O)[C@H]3[C@H](c3cccc(Cl)c3F)[C@]23C(=O)Nc2cc(Cl)ccc23)c1. The van der Waals surface area contributed by atoms with Crippen LogP contribution < -0.4 is 15.0 Å². The van der Waals surface area contributed by atoms with Crippen molar-refractivity contribution >= 4 is 58.0 Å². The normalized spacial score (nSPS) is 22.0. The largest absolute Gasteiger partial charge is 0.494 e. The van der Waals surface area contributed by atoms with Gasteiger partial charge in [-0.2, -0.15) is 0 Å². The molecule has 1 spiro atoms. The van der Waals surface area contributed by atoms with Gasteiger partial charge in [-0.05, 0) is 66.9 Å². The van der Waals surface area contributed by atoms with Crippen molar-refractivity contribution in [2.24, 2.45) is 5.92 Å². The molecular formula is C38H35Cl2FN4O7. The van der Waals surface area contributed by atoms with Gasteiger partial charge in [0.05, 0.1) is 35.1 Å². The Hall–Kier alpha value is -5.04. The number of carbonyl (C=O) groups is 3. The van der Waals surface area contributed by atoms with E-state index in [4.69, 9.17) is 32.7 Å². The van der Waals surface area contributed by atoms with Crippen LogP contribution >= 0.6 is 23.2 Å². The average molecular weight is 750 g/mol. The third-order valence-electron chi connectivity index (χ3n) is 10.0. The number of hydrogen-bond donors (Lipinski definition) is 1. The number of halogens is 3. The van der Waals surface area contributed by atoms with E-state index in [0.717, 1.165) is 18.7 Å². The number of esters is 1. The highest BCUT2D eigenvalue weighted by molar-refractivity contribution is 6.31. The second-order valence-electron chi connectivity index (χ2n) is 12.6. The monoisotopic (exact) mass is 748 g/mol. The number of nitrogens with one attached hydrogen (secondary N) is 1. The minimum atomic E-state index is -1.64. The van der Waals surface area contributed by atoms with Gasteiger partial charge in [0.25, 0.3) is 5.69 Å². The molecule has 0 saturated carbocycles. The smallest absolute Gasteiger partial charge is 0.338 e. The number of nitro benzene ring substituents is 1. The van der Waals surface area contributed by atoms with E-state index >= 15 is 9.18 Å². The zero-order chi connectivity index (χ0) is 36.2. The molecule has 11 nitrogen and oxygen atoms in total. The van der Waals surface area contributed by atoms with E-state index in [-0.39, 0.29) is 48.8 Å². The number of piperidine rings is 1.